The maximum absolute atomic E-state index is 12.9. The topological polar surface area (TPSA) is 96.5 Å². The summed E-state index contributed by atoms with van der Waals surface area (Å²) in [5.74, 6) is -1.81. The fourth-order valence-electron chi connectivity index (χ4n) is 2.60. The number of anilines is 1. The van der Waals surface area contributed by atoms with E-state index in [1.807, 2.05) is 11.4 Å². The molecule has 4 heterocycles. The fourth-order valence-corrected chi connectivity index (χ4v) is 4.87. The number of rotatable bonds is 4. The monoisotopic (exact) mass is 437 g/mol. The van der Waals surface area contributed by atoms with Crippen molar-refractivity contribution in [2.24, 2.45) is 0 Å². The zero-order valence-electron chi connectivity index (χ0n) is 12.2. The first-order chi connectivity index (χ1) is 12.1. The van der Waals surface area contributed by atoms with Crippen molar-refractivity contribution in [1.82, 2.24) is 10.2 Å². The fraction of sp³-hybridized carbons (Fsp3) is 0.0667. The lowest BCUT2D eigenvalue weighted by molar-refractivity contribution is -0.117. The number of halogens is 1. The average Bonchev–Trinajstić information content (AvgIpc) is 3.36. The summed E-state index contributed by atoms with van der Waals surface area (Å²) < 4.78 is 5.88. The Kier molecular flexibility index (Phi) is 4.02. The first-order valence-corrected chi connectivity index (χ1v) is 9.48. The third kappa shape index (κ3) is 2.53. The Bertz CT molecular complexity index is 979. The standard InChI is InChI=1S/C15H8BrN3O4S2/c16-7-3-5-24-13(7)10-9(11(20)8-2-1-4-23-8)12(21)14(22)19(10)15-18-17-6-25-15/h1-6,10,21H. The number of hydrogen-bond acceptors (Lipinski definition) is 8. The first kappa shape index (κ1) is 16.2. The number of aromatic nitrogens is 2. The predicted octanol–water partition coefficient (Wildman–Crippen LogP) is 3.74. The summed E-state index contributed by atoms with van der Waals surface area (Å²) in [6.07, 6.45) is 1.36. The quantitative estimate of drug-likeness (QED) is 0.624. The summed E-state index contributed by atoms with van der Waals surface area (Å²) in [5.41, 5.74) is 1.44. The molecule has 1 aliphatic heterocycles. The third-order valence-electron chi connectivity index (χ3n) is 3.65. The summed E-state index contributed by atoms with van der Waals surface area (Å²) >= 11 is 5.93. The van der Waals surface area contributed by atoms with Gasteiger partial charge in [-0.1, -0.05) is 11.3 Å². The van der Waals surface area contributed by atoms with Crippen molar-refractivity contribution in [2.75, 3.05) is 4.90 Å². The van der Waals surface area contributed by atoms with Crippen LogP contribution in [0.3, 0.4) is 0 Å². The number of thiophene rings is 1. The summed E-state index contributed by atoms with van der Waals surface area (Å²) in [4.78, 5) is 27.5. The Morgan fingerprint density at radius 1 is 1.36 bits per heavy atom. The van der Waals surface area contributed by atoms with Crippen molar-refractivity contribution in [3.63, 3.8) is 0 Å². The Morgan fingerprint density at radius 3 is 2.80 bits per heavy atom. The van der Waals surface area contributed by atoms with E-state index in [1.165, 1.54) is 34.1 Å². The highest BCUT2D eigenvalue weighted by Crippen LogP contribution is 2.46. The summed E-state index contributed by atoms with van der Waals surface area (Å²) in [6.45, 7) is 0. The van der Waals surface area contributed by atoms with Crippen LogP contribution in [0.4, 0.5) is 5.13 Å². The third-order valence-corrected chi connectivity index (χ3v) is 6.26. The number of aliphatic hydroxyl groups is 1. The molecule has 1 aliphatic rings. The van der Waals surface area contributed by atoms with Gasteiger partial charge < -0.3 is 9.52 Å². The second-order valence-electron chi connectivity index (χ2n) is 5.00. The van der Waals surface area contributed by atoms with E-state index in [0.29, 0.717) is 10.0 Å². The van der Waals surface area contributed by atoms with Gasteiger partial charge in [0.1, 0.15) is 11.6 Å². The Hall–Kier alpha value is -2.30. The average molecular weight is 438 g/mol. The SMILES string of the molecule is O=C(C1=C(O)C(=O)N(c2nncs2)C1c1sccc1Br)c1ccco1. The number of carbonyl (C=O) groups is 2. The molecule has 0 radical (unpaired) electrons. The van der Waals surface area contributed by atoms with Crippen LogP contribution in [0.25, 0.3) is 0 Å². The molecule has 0 saturated carbocycles. The molecule has 0 spiro atoms. The van der Waals surface area contributed by atoms with E-state index < -0.39 is 23.5 Å². The zero-order valence-corrected chi connectivity index (χ0v) is 15.5. The number of carbonyl (C=O) groups excluding carboxylic acids is 2. The second-order valence-corrected chi connectivity index (χ2v) is 7.61. The number of furan rings is 1. The molecule has 0 fully saturated rings. The molecule has 1 amide bonds. The van der Waals surface area contributed by atoms with Crippen molar-refractivity contribution >= 4 is 55.4 Å². The van der Waals surface area contributed by atoms with Crippen LogP contribution in [-0.4, -0.2) is 27.0 Å². The number of Topliss-reactive ketones (excluding diaryl/α,β-unsaturated/α-hetero) is 1. The number of aliphatic hydroxyl groups excluding tert-OH is 1. The van der Waals surface area contributed by atoms with Gasteiger partial charge in [0, 0.05) is 9.35 Å². The molecule has 1 unspecified atom stereocenters. The van der Waals surface area contributed by atoms with Crippen LogP contribution in [0.1, 0.15) is 21.5 Å². The maximum atomic E-state index is 12.9. The minimum Gasteiger partial charge on any atom is -0.503 e. The van der Waals surface area contributed by atoms with Crippen LogP contribution in [-0.2, 0) is 4.79 Å². The van der Waals surface area contributed by atoms with Gasteiger partial charge in [-0.3, -0.25) is 14.5 Å². The molecule has 126 valence electrons. The molecular weight excluding hydrogens is 430 g/mol. The highest BCUT2D eigenvalue weighted by Gasteiger charge is 2.47. The van der Waals surface area contributed by atoms with Gasteiger partial charge in [0.25, 0.3) is 5.91 Å². The minimum atomic E-state index is -0.813. The van der Waals surface area contributed by atoms with Crippen LogP contribution in [0, 0.1) is 0 Å². The molecule has 10 heteroatoms. The number of amides is 1. The van der Waals surface area contributed by atoms with Gasteiger partial charge in [0.15, 0.2) is 11.5 Å². The van der Waals surface area contributed by atoms with E-state index in [-0.39, 0.29) is 11.3 Å². The molecule has 3 aromatic heterocycles. The number of nitrogens with zero attached hydrogens (tertiary/aromatic N) is 3. The molecule has 7 nitrogen and oxygen atoms in total. The lowest BCUT2D eigenvalue weighted by atomic mass is 10.0. The predicted molar refractivity (Wildman–Crippen MR) is 94.8 cm³/mol. The summed E-state index contributed by atoms with van der Waals surface area (Å²) in [7, 11) is 0. The van der Waals surface area contributed by atoms with Crippen molar-refractivity contribution in [3.05, 3.63) is 61.8 Å². The molecule has 0 aliphatic carbocycles. The van der Waals surface area contributed by atoms with Crippen molar-refractivity contribution in [1.29, 1.82) is 0 Å². The van der Waals surface area contributed by atoms with E-state index in [1.54, 1.807) is 6.07 Å². The van der Waals surface area contributed by atoms with Gasteiger partial charge in [-0.2, -0.15) is 0 Å². The number of ketones is 1. The molecule has 0 bridgehead atoms. The largest absolute Gasteiger partial charge is 0.503 e. The maximum Gasteiger partial charge on any atom is 0.296 e. The van der Waals surface area contributed by atoms with Crippen molar-refractivity contribution in [2.45, 2.75) is 6.04 Å². The smallest absolute Gasteiger partial charge is 0.296 e. The van der Waals surface area contributed by atoms with Crippen LogP contribution >= 0.6 is 38.6 Å². The normalized spacial score (nSPS) is 17.6. The van der Waals surface area contributed by atoms with Gasteiger partial charge in [0.05, 0.1) is 11.8 Å². The van der Waals surface area contributed by atoms with Crippen LogP contribution in [0.15, 0.2) is 55.6 Å². The van der Waals surface area contributed by atoms with Crippen molar-refractivity contribution in [3.8, 4) is 0 Å². The Labute approximate surface area is 157 Å². The lowest BCUT2D eigenvalue weighted by Crippen LogP contribution is -2.30. The molecule has 0 aromatic carbocycles. The van der Waals surface area contributed by atoms with Gasteiger partial charge in [-0.15, -0.1) is 21.5 Å². The van der Waals surface area contributed by atoms with Gasteiger partial charge in [-0.05, 0) is 39.5 Å². The Morgan fingerprint density at radius 2 is 2.20 bits per heavy atom. The Balaban J connectivity index is 1.89. The van der Waals surface area contributed by atoms with Gasteiger partial charge in [0.2, 0.25) is 10.9 Å². The van der Waals surface area contributed by atoms with E-state index in [9.17, 15) is 14.7 Å². The zero-order chi connectivity index (χ0) is 17.6. The molecule has 4 rings (SSSR count). The van der Waals surface area contributed by atoms with E-state index in [4.69, 9.17) is 4.42 Å². The highest BCUT2D eigenvalue weighted by molar-refractivity contribution is 9.10. The van der Waals surface area contributed by atoms with E-state index >= 15 is 0 Å². The second kappa shape index (κ2) is 6.21. The lowest BCUT2D eigenvalue weighted by Gasteiger charge is -2.22. The first-order valence-electron chi connectivity index (χ1n) is 6.93. The number of hydrogen-bond donors (Lipinski definition) is 1. The molecular formula is C15H8BrN3O4S2. The molecule has 25 heavy (non-hydrogen) atoms. The van der Waals surface area contributed by atoms with Crippen LogP contribution in [0.2, 0.25) is 0 Å². The molecule has 0 saturated heterocycles. The molecule has 1 atom stereocenters. The summed E-state index contributed by atoms with van der Waals surface area (Å²) in [6, 6.07) is 4.06. The summed E-state index contributed by atoms with van der Waals surface area (Å²) in [5, 5.41) is 20.2. The van der Waals surface area contributed by atoms with Crippen LogP contribution in [0.5, 0.6) is 0 Å². The van der Waals surface area contributed by atoms with Crippen LogP contribution < -0.4 is 4.90 Å². The van der Waals surface area contributed by atoms with E-state index in [2.05, 4.69) is 26.1 Å². The van der Waals surface area contributed by atoms with Gasteiger partial charge in [-0.25, -0.2) is 0 Å². The van der Waals surface area contributed by atoms with E-state index in [0.717, 1.165) is 15.8 Å². The van der Waals surface area contributed by atoms with Gasteiger partial charge >= 0.3 is 0 Å². The van der Waals surface area contributed by atoms with Crippen molar-refractivity contribution < 1.29 is 19.1 Å². The minimum absolute atomic E-state index is 0.0432. The molecule has 3 aromatic rings. The highest BCUT2D eigenvalue weighted by atomic mass is 79.9. The molecule has 1 N–H and O–H groups in total.